The minimum Gasteiger partial charge on any atom is -0.459 e. The second kappa shape index (κ2) is 47.1. The predicted molar refractivity (Wildman–Crippen MR) is 471 cm³/mol. The Morgan fingerprint density at radius 3 is 1.30 bits per heavy atom. The van der Waals surface area contributed by atoms with Crippen LogP contribution in [0.25, 0.3) is 22.9 Å². The number of amides is 2. The number of ketones is 5. The van der Waals surface area contributed by atoms with Crippen LogP contribution in [0.3, 0.4) is 0 Å². The molecule has 10 heterocycles. The molecule has 0 spiro atoms. The standard InChI is InChI=1S/C46H67N5O12.C37H60N2O11.C9H9N3O2.CH4/c1-13-38-46(10,56)42-28(5)39(49-31(8)53)25(2)20-45(9,58-24-33(23-57-42)50-59-22-32-14-15-35(47-21-32)37-16-17-48-63-37)41(29(6)40(54)30(7)43(55)61-38)62-44-34(18-26(3)52)36(51(11)12)19-27(4)60-44;1-13-29-37(10,45)33-22(5)30(38-25(8)41)19(2)16-36(9,47-18-26(42)17-46-33)32(23(6)31(43)24(7)34(44)49-29)50-35-27(14-20(3)40)28(39(11)12)15-21(4)48-35;10-13-6-7-1-2-8(11-5-7)9-3-4-12-14-9;/h14-17,21,25,27-30,34,36,38,41-42,44,56H,13,18-20,22-24H2,1-12H3;19,21-24,27-29,32-33,35,45H,13-18H2,1-12H3;1-5H,6,10H2;1H4/t25-,27-,28+,29+,30-,34-,36+,38-,41-,42-,44+,45-,46-;19-,21-,22+,23+,24-,27-,28+,29-,32-,33-,35+,36-,37-;;/m11../s1. The van der Waals surface area contributed by atoms with Crippen molar-refractivity contribution in [2.24, 2.45) is 80.2 Å². The van der Waals surface area contributed by atoms with Crippen molar-refractivity contribution in [2.45, 2.75) is 306 Å². The van der Waals surface area contributed by atoms with Gasteiger partial charge < -0.3 is 90.9 Å². The Morgan fingerprint density at radius 1 is 0.547 bits per heavy atom. The average Bonchev–Trinajstić information content (AvgIpc) is 1.24. The molecule has 128 heavy (non-hydrogen) atoms. The molecule has 6 saturated heterocycles. The predicted octanol–water partition coefficient (Wildman–Crippen LogP) is 10.5. The van der Waals surface area contributed by atoms with Crippen LogP contribution >= 0.6 is 0 Å². The van der Waals surface area contributed by atoms with Gasteiger partial charge in [0.25, 0.3) is 0 Å². The van der Waals surface area contributed by atoms with Gasteiger partial charge in [-0.15, -0.1) is 0 Å². The summed E-state index contributed by atoms with van der Waals surface area (Å²) in [5.74, 6) is -5.87. The lowest BCUT2D eigenvalue weighted by Gasteiger charge is -2.48. The van der Waals surface area contributed by atoms with E-state index in [1.165, 1.54) is 61.6 Å². The first-order valence-corrected chi connectivity index (χ1v) is 44.0. The fraction of sp³-hybridized carbons (Fsp3) is 0.699. The number of oxime groups is 1. The van der Waals surface area contributed by atoms with E-state index in [0.29, 0.717) is 53.6 Å². The molecule has 712 valence electrons. The number of esters is 2. The minimum atomic E-state index is -1.87. The maximum atomic E-state index is 14.7. The lowest BCUT2D eigenvalue weighted by atomic mass is 9.73. The van der Waals surface area contributed by atoms with Crippen LogP contribution in [0.2, 0.25) is 0 Å². The Kier molecular flexibility index (Phi) is 39.2. The summed E-state index contributed by atoms with van der Waals surface area (Å²) in [5.41, 5.74) is -2.47. The zero-order valence-corrected chi connectivity index (χ0v) is 78.3. The van der Waals surface area contributed by atoms with Crippen LogP contribution in [-0.4, -0.2) is 261 Å². The highest BCUT2D eigenvalue weighted by Gasteiger charge is 2.57. The summed E-state index contributed by atoms with van der Waals surface area (Å²) in [6.45, 7) is 32.3. The molecule has 4 aromatic rings. The quantitative estimate of drug-likeness (QED) is 0.0446. The molecule has 0 radical (unpaired) electrons. The van der Waals surface area contributed by atoms with Gasteiger partial charge in [-0.3, -0.25) is 48.4 Å². The number of carbonyl (C=O) groups excluding carboxylic acids is 9. The van der Waals surface area contributed by atoms with Crippen molar-refractivity contribution >= 4 is 69.8 Å². The molecule has 10 rings (SSSR count). The average molecular weight is 1800 g/mol. The molecule has 4 aromatic heterocycles. The molecular weight excluding hydrogens is 1660 g/mol. The van der Waals surface area contributed by atoms with Gasteiger partial charge in [0.15, 0.2) is 41.5 Å². The van der Waals surface area contributed by atoms with E-state index in [1.54, 1.807) is 78.3 Å². The number of ether oxygens (including phenoxy) is 10. The molecule has 6 fully saturated rings. The van der Waals surface area contributed by atoms with Gasteiger partial charge in [-0.05, 0) is 165 Å². The highest BCUT2D eigenvalue weighted by atomic mass is 16.7. The number of rotatable bonds is 19. The number of hydrogen-bond donors (Lipinski definition) is 3. The zero-order chi connectivity index (χ0) is 94.1. The van der Waals surface area contributed by atoms with E-state index in [-0.39, 0.29) is 107 Å². The number of aromatic nitrogens is 4. The number of cyclic esters (lactones) is 2. The first-order valence-electron chi connectivity index (χ1n) is 44.0. The van der Waals surface area contributed by atoms with Crippen molar-refractivity contribution in [1.29, 1.82) is 0 Å². The molecule has 26 atom stereocenters. The largest absolute Gasteiger partial charge is 0.459 e. The summed E-state index contributed by atoms with van der Waals surface area (Å²) in [7, 11) is 7.77. The summed E-state index contributed by atoms with van der Waals surface area (Å²) in [5, 5.41) is 36.4. The maximum absolute atomic E-state index is 14.7. The number of hydrogen-bond acceptors (Lipinski definition) is 33. The SMILES string of the molecule is C.CC[C@H]1OC(=O)[C@H](C)C(=O)[C@H](C)[C@@H](O[C@@H]2O[C@H](C)C[C@H](N(C)C)[C@H]2CC(C)=O)[C@@]2(C)C[C@@H](C)C(=NC(C)=O)[C@H](C)[C@@H](OCC(=NOCc3ccc(-c4ccno4)nc3)CO2)[C@]1(C)O.CC[C@H]1OC(=O)[C@H](C)C(=O)[C@H](C)[C@@H](O[C@@H]2O[C@H](C)C[C@H](N(C)C)[C@H]2CC(C)=O)[C@@]2(C)C[C@@H](C)C(=NC(C)=O)[C@H](C)[C@@H](OCC(=O)CO2)[C@]1(C)O.NOCc1ccc(-c2ccno2)nc1. The van der Waals surface area contributed by atoms with Crippen molar-refractivity contribution in [3.05, 3.63) is 72.3 Å². The van der Waals surface area contributed by atoms with E-state index in [9.17, 15) is 53.4 Å². The number of aliphatic hydroxyl groups is 2. The number of aliphatic imine (C=N–C) groups is 2. The molecule has 6 aliphatic heterocycles. The summed E-state index contributed by atoms with van der Waals surface area (Å²) in [6, 6.07) is 10.6. The van der Waals surface area contributed by atoms with E-state index in [2.05, 4.69) is 45.2 Å². The van der Waals surface area contributed by atoms with Gasteiger partial charge >= 0.3 is 11.9 Å². The first-order chi connectivity index (χ1) is 59.7. The molecule has 4 N–H and O–H groups in total. The van der Waals surface area contributed by atoms with E-state index >= 15 is 0 Å². The van der Waals surface area contributed by atoms with Gasteiger partial charge in [0, 0.05) is 116 Å². The number of pyridine rings is 2. The molecule has 6 aliphatic rings. The number of carbonyl (C=O) groups is 9. The van der Waals surface area contributed by atoms with Gasteiger partial charge in [-0.2, -0.15) is 0 Å². The monoisotopic (exact) mass is 1800 g/mol. The van der Waals surface area contributed by atoms with Crippen molar-refractivity contribution < 1.29 is 119 Å². The van der Waals surface area contributed by atoms with Crippen LogP contribution < -0.4 is 5.90 Å². The molecular formula is C93H140N10O25. The Labute approximate surface area is 752 Å². The smallest absolute Gasteiger partial charge is 0.316 e. The lowest BCUT2D eigenvalue weighted by molar-refractivity contribution is -0.285. The zero-order valence-electron chi connectivity index (χ0n) is 78.3. The number of fused-ring (bicyclic) bond motifs is 10. The van der Waals surface area contributed by atoms with Crippen LogP contribution in [0.5, 0.6) is 0 Å². The van der Waals surface area contributed by atoms with Crippen LogP contribution in [0, 0.1) is 59.2 Å². The summed E-state index contributed by atoms with van der Waals surface area (Å²) >= 11 is 0. The van der Waals surface area contributed by atoms with Crippen LogP contribution in [0.1, 0.15) is 208 Å². The topological polar surface area (TPSA) is 452 Å². The van der Waals surface area contributed by atoms with Gasteiger partial charge in [0.2, 0.25) is 11.8 Å². The van der Waals surface area contributed by atoms with E-state index < -0.39 is 185 Å². The second-order valence-electron chi connectivity index (χ2n) is 36.6. The van der Waals surface area contributed by atoms with Crippen molar-refractivity contribution in [3.63, 3.8) is 0 Å². The highest BCUT2D eigenvalue weighted by Crippen LogP contribution is 2.45. The van der Waals surface area contributed by atoms with E-state index in [1.807, 2.05) is 92.8 Å². The summed E-state index contributed by atoms with van der Waals surface area (Å²) < 4.78 is 75.2. The number of nitrogens with two attached hydrogens (primary N) is 1. The number of Topliss-reactive ketones (excluding diaryl/α,β-unsaturated/α-hetero) is 5. The summed E-state index contributed by atoms with van der Waals surface area (Å²) in [4.78, 5) is 153. The summed E-state index contributed by atoms with van der Waals surface area (Å²) in [6.07, 6.45) is -0.524. The van der Waals surface area contributed by atoms with Gasteiger partial charge in [0.1, 0.15) is 83.7 Å². The molecule has 0 unspecified atom stereocenters. The maximum Gasteiger partial charge on any atom is 0.316 e. The van der Waals surface area contributed by atoms with Gasteiger partial charge in [0.05, 0.1) is 80.0 Å². The third-order valence-corrected chi connectivity index (χ3v) is 25.3. The van der Waals surface area contributed by atoms with Crippen molar-refractivity contribution in [1.82, 2.24) is 30.1 Å². The third-order valence-electron chi connectivity index (χ3n) is 25.3. The highest BCUT2D eigenvalue weighted by molar-refractivity contribution is 6.02. The normalized spacial score (nSPS) is 35.4. The Balaban J connectivity index is 0.000000306. The number of nitrogens with zero attached hydrogens (tertiary/aromatic N) is 9. The molecule has 0 aromatic carbocycles. The fourth-order valence-electron chi connectivity index (χ4n) is 18.9. The van der Waals surface area contributed by atoms with Gasteiger partial charge in [-0.1, -0.05) is 90.4 Å². The second-order valence-corrected chi connectivity index (χ2v) is 36.6. The molecule has 35 nitrogen and oxygen atoms in total. The van der Waals surface area contributed by atoms with Gasteiger partial charge in [-0.25, -0.2) is 15.9 Å². The van der Waals surface area contributed by atoms with Crippen LogP contribution in [-0.2, 0) is 113 Å². The Bertz CT molecular complexity index is 4430. The molecule has 4 bridgehead atoms. The molecule has 2 amide bonds. The lowest BCUT2D eigenvalue weighted by Crippen LogP contribution is -2.59. The Morgan fingerprint density at radius 2 is 0.945 bits per heavy atom. The van der Waals surface area contributed by atoms with Crippen LogP contribution in [0.4, 0.5) is 0 Å². The van der Waals surface area contributed by atoms with Crippen LogP contribution in [0.15, 0.2) is 85.4 Å². The van der Waals surface area contributed by atoms with Crippen molar-refractivity contribution in [2.75, 3.05) is 54.6 Å². The fourth-order valence-corrected chi connectivity index (χ4v) is 18.9. The minimum absolute atomic E-state index is 0. The van der Waals surface area contributed by atoms with Crippen molar-refractivity contribution in [3.8, 4) is 22.9 Å². The molecule has 35 heteroatoms. The third kappa shape index (κ3) is 27.2. The van der Waals surface area contributed by atoms with E-state index in [4.69, 9.17) is 67.1 Å². The molecule has 0 saturated carbocycles. The Hall–Kier alpha value is -8.40. The first kappa shape index (κ1) is 107. The molecule has 0 aliphatic carbocycles. The van der Waals surface area contributed by atoms with E-state index in [0.717, 1.165) is 11.3 Å².